The summed E-state index contributed by atoms with van der Waals surface area (Å²) in [4.78, 5) is 0. The molecule has 11 heavy (non-hydrogen) atoms. The molecule has 1 rings (SSSR count). The molecule has 0 aliphatic heterocycles. The zero-order chi connectivity index (χ0) is 8.32. The summed E-state index contributed by atoms with van der Waals surface area (Å²) in [5.74, 6) is 0.907. The summed E-state index contributed by atoms with van der Waals surface area (Å²) in [6, 6.07) is 0. The molecule has 0 nitrogen and oxygen atoms in total. The third-order valence-electron chi connectivity index (χ3n) is 3.57. The second-order valence-corrected chi connectivity index (χ2v) is 4.47. The topological polar surface area (TPSA) is 0 Å². The van der Waals surface area contributed by atoms with Gasteiger partial charge in [-0.05, 0) is 30.6 Å². The van der Waals surface area contributed by atoms with Crippen molar-refractivity contribution in [3.63, 3.8) is 0 Å². The van der Waals surface area contributed by atoms with Gasteiger partial charge in [0, 0.05) is 0 Å². The molecule has 0 N–H and O–H groups in total. The lowest BCUT2D eigenvalue weighted by molar-refractivity contribution is 0.177. The van der Waals surface area contributed by atoms with E-state index in [0.29, 0.717) is 0 Å². The maximum Gasteiger partial charge on any atom is -0.0275 e. The van der Waals surface area contributed by atoms with E-state index in [1.807, 2.05) is 0 Å². The van der Waals surface area contributed by atoms with Crippen LogP contribution in [0.3, 0.4) is 0 Å². The lowest BCUT2D eigenvalue weighted by Crippen LogP contribution is -2.22. The Morgan fingerprint density at radius 3 is 2.09 bits per heavy atom. The molecule has 0 radical (unpaired) electrons. The van der Waals surface area contributed by atoms with E-state index in [-0.39, 0.29) is 0 Å². The number of hydrogen-bond acceptors (Lipinski definition) is 0. The highest BCUT2D eigenvalue weighted by Gasteiger charge is 2.35. The zero-order valence-electron chi connectivity index (χ0n) is 8.32. The third-order valence-corrected chi connectivity index (χ3v) is 3.57. The molecule has 0 unspecified atom stereocenters. The van der Waals surface area contributed by atoms with Gasteiger partial charge in [0.15, 0.2) is 0 Å². The zero-order valence-corrected chi connectivity index (χ0v) is 8.32. The average Bonchev–Trinajstić information content (AvgIpc) is 2.38. The largest absolute Gasteiger partial charge is 0.0654 e. The highest BCUT2D eigenvalue weighted by atomic mass is 14.4. The van der Waals surface area contributed by atoms with Crippen molar-refractivity contribution in [1.82, 2.24) is 0 Å². The molecule has 0 heterocycles. The molecule has 0 saturated heterocycles. The van der Waals surface area contributed by atoms with Crippen molar-refractivity contribution in [2.45, 2.75) is 59.3 Å². The molecule has 1 aliphatic rings. The first-order chi connectivity index (χ1) is 5.21. The Balaban J connectivity index is 2.55. The lowest BCUT2D eigenvalue weighted by Gasteiger charge is -2.33. The van der Waals surface area contributed by atoms with Gasteiger partial charge in [-0.25, -0.2) is 0 Å². The second-order valence-electron chi connectivity index (χ2n) is 4.47. The van der Waals surface area contributed by atoms with Crippen LogP contribution < -0.4 is 0 Å². The first-order valence-corrected chi connectivity index (χ1v) is 5.21. The summed E-state index contributed by atoms with van der Waals surface area (Å²) in [7, 11) is 0. The maximum absolute atomic E-state index is 2.40. The minimum atomic E-state index is 0.745. The lowest BCUT2D eigenvalue weighted by atomic mass is 9.72. The monoisotopic (exact) mass is 154 g/mol. The summed E-state index contributed by atoms with van der Waals surface area (Å²) in [6.45, 7) is 7.13. The van der Waals surface area contributed by atoms with Crippen molar-refractivity contribution in [2.24, 2.45) is 11.3 Å². The van der Waals surface area contributed by atoms with Crippen LogP contribution in [0.2, 0.25) is 0 Å². The van der Waals surface area contributed by atoms with Crippen LogP contribution in [0.4, 0.5) is 0 Å². The minimum Gasteiger partial charge on any atom is -0.0654 e. The summed E-state index contributed by atoms with van der Waals surface area (Å²) in [5, 5.41) is 0. The van der Waals surface area contributed by atoms with Crippen molar-refractivity contribution in [3.05, 3.63) is 0 Å². The second kappa shape index (κ2) is 3.60. The van der Waals surface area contributed by atoms with Gasteiger partial charge in [-0.3, -0.25) is 0 Å². The van der Waals surface area contributed by atoms with E-state index in [1.54, 1.807) is 0 Å². The summed E-state index contributed by atoms with van der Waals surface area (Å²) >= 11 is 0. The van der Waals surface area contributed by atoms with Gasteiger partial charge in [-0.2, -0.15) is 0 Å². The van der Waals surface area contributed by atoms with Crippen LogP contribution in [-0.4, -0.2) is 0 Å². The fourth-order valence-electron chi connectivity index (χ4n) is 2.69. The molecular weight excluding hydrogens is 132 g/mol. The third kappa shape index (κ3) is 1.77. The smallest absolute Gasteiger partial charge is 0.0275 e. The molecule has 0 bridgehead atoms. The van der Waals surface area contributed by atoms with E-state index >= 15 is 0 Å². The fourth-order valence-corrected chi connectivity index (χ4v) is 2.69. The van der Waals surface area contributed by atoms with Crippen LogP contribution in [0.1, 0.15) is 59.3 Å². The molecule has 1 aliphatic carbocycles. The molecule has 1 saturated carbocycles. The van der Waals surface area contributed by atoms with Crippen LogP contribution >= 0.6 is 0 Å². The Bertz CT molecular complexity index is 107. The normalized spacial score (nSPS) is 22.9. The van der Waals surface area contributed by atoms with Gasteiger partial charge in [0.1, 0.15) is 0 Å². The molecule has 0 aromatic carbocycles. The molecule has 0 aromatic rings. The fraction of sp³-hybridized carbons (Fsp3) is 1.00. The summed E-state index contributed by atoms with van der Waals surface area (Å²) < 4.78 is 0. The Kier molecular flexibility index (Phi) is 2.98. The molecular formula is C11H22. The highest BCUT2D eigenvalue weighted by Crippen LogP contribution is 2.47. The molecule has 66 valence electrons. The van der Waals surface area contributed by atoms with Gasteiger partial charge in [0.2, 0.25) is 0 Å². The molecule has 0 amide bonds. The SMILES string of the molecule is CCCC1(C(C)C)CCCC1. The average molecular weight is 154 g/mol. The van der Waals surface area contributed by atoms with Crippen LogP contribution in [-0.2, 0) is 0 Å². The Morgan fingerprint density at radius 2 is 1.73 bits per heavy atom. The van der Waals surface area contributed by atoms with Crippen molar-refractivity contribution < 1.29 is 0 Å². The van der Waals surface area contributed by atoms with Gasteiger partial charge in [-0.15, -0.1) is 0 Å². The van der Waals surface area contributed by atoms with Crippen LogP contribution in [0.15, 0.2) is 0 Å². The van der Waals surface area contributed by atoms with E-state index in [4.69, 9.17) is 0 Å². The van der Waals surface area contributed by atoms with Crippen molar-refractivity contribution >= 4 is 0 Å². The summed E-state index contributed by atoms with van der Waals surface area (Å²) in [5.41, 5.74) is 0.745. The molecule has 0 atom stereocenters. The van der Waals surface area contributed by atoms with Gasteiger partial charge >= 0.3 is 0 Å². The van der Waals surface area contributed by atoms with E-state index in [9.17, 15) is 0 Å². The Labute approximate surface area is 71.4 Å². The first-order valence-electron chi connectivity index (χ1n) is 5.21. The predicted octanol–water partition coefficient (Wildman–Crippen LogP) is 4.00. The van der Waals surface area contributed by atoms with Crippen LogP contribution in [0.5, 0.6) is 0 Å². The van der Waals surface area contributed by atoms with Gasteiger partial charge in [0.25, 0.3) is 0 Å². The quantitative estimate of drug-likeness (QED) is 0.576. The Hall–Kier alpha value is 0. The number of hydrogen-bond donors (Lipinski definition) is 0. The van der Waals surface area contributed by atoms with E-state index < -0.39 is 0 Å². The van der Waals surface area contributed by atoms with E-state index in [0.717, 1.165) is 11.3 Å². The van der Waals surface area contributed by atoms with Gasteiger partial charge < -0.3 is 0 Å². The van der Waals surface area contributed by atoms with Crippen LogP contribution in [0.25, 0.3) is 0 Å². The standard InChI is InChI=1S/C11H22/c1-4-7-11(10(2)3)8-5-6-9-11/h10H,4-9H2,1-3H3. The molecule has 1 fully saturated rings. The number of rotatable bonds is 3. The molecule has 0 spiro atoms. The van der Waals surface area contributed by atoms with Gasteiger partial charge in [-0.1, -0.05) is 40.0 Å². The van der Waals surface area contributed by atoms with Crippen molar-refractivity contribution in [3.8, 4) is 0 Å². The molecule has 0 aromatic heterocycles. The maximum atomic E-state index is 2.40. The minimum absolute atomic E-state index is 0.745. The van der Waals surface area contributed by atoms with Crippen molar-refractivity contribution in [2.75, 3.05) is 0 Å². The summed E-state index contributed by atoms with van der Waals surface area (Å²) in [6.07, 6.45) is 8.80. The Morgan fingerprint density at radius 1 is 1.18 bits per heavy atom. The predicted molar refractivity (Wildman–Crippen MR) is 50.6 cm³/mol. The van der Waals surface area contributed by atoms with E-state index in [1.165, 1.54) is 38.5 Å². The van der Waals surface area contributed by atoms with Crippen molar-refractivity contribution in [1.29, 1.82) is 0 Å². The first kappa shape index (κ1) is 9.09. The molecule has 0 heteroatoms. The van der Waals surface area contributed by atoms with E-state index in [2.05, 4.69) is 20.8 Å². The van der Waals surface area contributed by atoms with Gasteiger partial charge in [0.05, 0.1) is 0 Å². The van der Waals surface area contributed by atoms with Crippen LogP contribution in [0, 0.1) is 11.3 Å². The highest BCUT2D eigenvalue weighted by molar-refractivity contribution is 4.86.